The number of nitrogens with zero attached hydrogens (tertiary/aromatic N) is 5. The van der Waals surface area contributed by atoms with Gasteiger partial charge in [0.05, 0.1) is 31.4 Å². The van der Waals surface area contributed by atoms with Gasteiger partial charge in [0.15, 0.2) is 0 Å². The first-order valence-electron chi connectivity index (χ1n) is 12.8. The maximum atomic E-state index is 15.5. The third-order valence-corrected chi connectivity index (χ3v) is 7.28. The molecule has 5 heterocycles. The Hall–Kier alpha value is -4.14. The Morgan fingerprint density at radius 2 is 1.93 bits per heavy atom. The third kappa shape index (κ3) is 5.09. The number of hydrogen-bond donors (Lipinski definition) is 2. The fourth-order valence-electron chi connectivity index (χ4n) is 5.07. The molecule has 2 saturated heterocycles. The predicted octanol–water partition coefficient (Wildman–Crippen LogP) is 3.94. The monoisotopic (exact) mass is 571 g/mol. The van der Waals surface area contributed by atoms with Crippen molar-refractivity contribution in [3.63, 3.8) is 0 Å². The van der Waals surface area contributed by atoms with Gasteiger partial charge >= 0.3 is 6.18 Å². The molecule has 2 aliphatic rings. The van der Waals surface area contributed by atoms with E-state index in [0.29, 0.717) is 43.8 Å². The molecule has 0 aliphatic carbocycles. The number of benzene rings is 1. The lowest BCUT2D eigenvalue weighted by Crippen LogP contribution is -2.57. The molecule has 2 atom stereocenters. The van der Waals surface area contributed by atoms with Gasteiger partial charge in [0.25, 0.3) is 5.91 Å². The zero-order valence-corrected chi connectivity index (χ0v) is 21.7. The zero-order valence-electron chi connectivity index (χ0n) is 21.7. The SMILES string of the molecule is C[C@H]1CO[C@@H](c2nc(-c3ccc(C(=O)Nc4cc(C(F)(F)F)ccn4)cc3F)c3c(N)nccn23)CN1C1COC1. The van der Waals surface area contributed by atoms with Crippen molar-refractivity contribution >= 4 is 23.1 Å². The maximum Gasteiger partial charge on any atom is 0.416 e. The highest BCUT2D eigenvalue weighted by Gasteiger charge is 2.37. The summed E-state index contributed by atoms with van der Waals surface area (Å²) >= 11 is 0. The summed E-state index contributed by atoms with van der Waals surface area (Å²) in [4.78, 5) is 27.7. The molecular formula is C27H25F4N7O3. The number of fused-ring (bicyclic) bond motifs is 1. The Labute approximate surface area is 231 Å². The van der Waals surface area contributed by atoms with Crippen molar-refractivity contribution in [1.82, 2.24) is 24.3 Å². The van der Waals surface area contributed by atoms with Crippen LogP contribution in [-0.4, -0.2) is 68.6 Å². The molecule has 10 nitrogen and oxygen atoms in total. The van der Waals surface area contributed by atoms with Crippen LogP contribution in [0.4, 0.5) is 29.2 Å². The normalized spacial score (nSPS) is 20.2. The van der Waals surface area contributed by atoms with Gasteiger partial charge in [0.1, 0.15) is 40.6 Å². The molecule has 1 aromatic carbocycles. The number of hydrogen-bond acceptors (Lipinski definition) is 8. The lowest BCUT2D eigenvalue weighted by Gasteiger charge is -2.45. The number of nitrogens with two attached hydrogens (primary N) is 1. The van der Waals surface area contributed by atoms with E-state index < -0.39 is 29.6 Å². The molecule has 14 heteroatoms. The molecule has 3 aromatic heterocycles. The average Bonchev–Trinajstić information content (AvgIpc) is 3.29. The van der Waals surface area contributed by atoms with Crippen molar-refractivity contribution in [2.24, 2.45) is 0 Å². The van der Waals surface area contributed by atoms with Crippen LogP contribution < -0.4 is 11.1 Å². The van der Waals surface area contributed by atoms with Crippen LogP contribution in [0.3, 0.4) is 0 Å². The summed E-state index contributed by atoms with van der Waals surface area (Å²) in [6, 6.07) is 5.65. The number of nitrogen functional groups attached to an aromatic ring is 1. The number of alkyl halides is 3. The molecule has 0 spiro atoms. The van der Waals surface area contributed by atoms with E-state index in [2.05, 4.69) is 27.1 Å². The van der Waals surface area contributed by atoms with Crippen molar-refractivity contribution < 1.29 is 31.8 Å². The highest BCUT2D eigenvalue weighted by atomic mass is 19.4. The van der Waals surface area contributed by atoms with E-state index in [4.69, 9.17) is 20.2 Å². The van der Waals surface area contributed by atoms with E-state index in [9.17, 15) is 18.0 Å². The largest absolute Gasteiger partial charge is 0.416 e. The number of halogens is 4. The number of amides is 1. The van der Waals surface area contributed by atoms with Crippen molar-refractivity contribution in [2.45, 2.75) is 31.3 Å². The molecule has 41 heavy (non-hydrogen) atoms. The summed E-state index contributed by atoms with van der Waals surface area (Å²) in [6.07, 6.45) is -0.909. The molecule has 0 radical (unpaired) electrons. The number of anilines is 2. The van der Waals surface area contributed by atoms with Gasteiger partial charge in [-0.1, -0.05) is 0 Å². The summed E-state index contributed by atoms with van der Waals surface area (Å²) in [6.45, 7) is 4.42. The molecule has 4 aromatic rings. The van der Waals surface area contributed by atoms with Crippen molar-refractivity contribution in [2.75, 3.05) is 37.4 Å². The Kier molecular flexibility index (Phi) is 6.83. The standard InChI is InChI=1S/C27H25F4N7O3/c1-14-11-41-20(10-38(14)17-12-40-13-17)25-36-22(23-24(32)34-6-7-37(23)25)18-3-2-15(8-19(18)28)26(39)35-21-9-16(4-5-33-21)27(29,30)31/h2-9,14,17,20H,10-13H2,1H3,(H2,32,34)(H,33,35,39)/t14-,20+/m0/s1. The minimum absolute atomic E-state index is 0.0654. The molecule has 3 N–H and O–H groups in total. The number of nitrogens with one attached hydrogen (secondary N) is 1. The predicted molar refractivity (Wildman–Crippen MR) is 139 cm³/mol. The first kappa shape index (κ1) is 27.1. The van der Waals surface area contributed by atoms with E-state index in [-0.39, 0.29) is 40.5 Å². The Morgan fingerprint density at radius 1 is 1.12 bits per heavy atom. The second-order valence-electron chi connectivity index (χ2n) is 9.99. The van der Waals surface area contributed by atoms with Crippen molar-refractivity contribution in [3.05, 3.63) is 71.7 Å². The first-order valence-corrected chi connectivity index (χ1v) is 12.8. The maximum absolute atomic E-state index is 15.5. The van der Waals surface area contributed by atoms with Crippen LogP contribution in [0.1, 0.15) is 34.8 Å². The molecule has 2 aliphatic heterocycles. The van der Waals surface area contributed by atoms with Crippen molar-refractivity contribution in [1.29, 1.82) is 0 Å². The summed E-state index contributed by atoms with van der Waals surface area (Å²) in [7, 11) is 0. The Bertz CT molecular complexity index is 1620. The molecule has 0 saturated carbocycles. The summed E-state index contributed by atoms with van der Waals surface area (Å²) in [5.41, 5.74) is 5.78. The molecule has 2 fully saturated rings. The van der Waals surface area contributed by atoms with Gasteiger partial charge in [-0.05, 0) is 37.3 Å². The molecule has 214 valence electrons. The molecule has 0 unspecified atom stereocenters. The Morgan fingerprint density at radius 3 is 2.63 bits per heavy atom. The van der Waals surface area contributed by atoms with E-state index in [1.54, 1.807) is 10.6 Å². The molecular weight excluding hydrogens is 546 g/mol. The van der Waals surface area contributed by atoms with Crippen LogP contribution in [0, 0.1) is 5.82 Å². The van der Waals surface area contributed by atoms with Crippen LogP contribution >= 0.6 is 0 Å². The number of ether oxygens (including phenoxy) is 2. The fraction of sp³-hybridized carbons (Fsp3) is 0.333. The number of aromatic nitrogens is 4. The van der Waals surface area contributed by atoms with Gasteiger partial charge in [0.2, 0.25) is 0 Å². The smallest absolute Gasteiger partial charge is 0.382 e. The lowest BCUT2D eigenvalue weighted by atomic mass is 10.1. The van der Waals surface area contributed by atoms with Crippen LogP contribution in [-0.2, 0) is 15.7 Å². The van der Waals surface area contributed by atoms with Crippen LogP contribution in [0.5, 0.6) is 0 Å². The van der Waals surface area contributed by atoms with Gasteiger partial charge in [-0.15, -0.1) is 0 Å². The summed E-state index contributed by atoms with van der Waals surface area (Å²) in [5.74, 6) is -1.27. The second-order valence-corrected chi connectivity index (χ2v) is 9.99. The van der Waals surface area contributed by atoms with Crippen LogP contribution in [0.25, 0.3) is 16.8 Å². The highest BCUT2D eigenvalue weighted by molar-refractivity contribution is 6.04. The van der Waals surface area contributed by atoms with E-state index >= 15 is 4.39 Å². The van der Waals surface area contributed by atoms with Gasteiger partial charge in [0, 0.05) is 42.3 Å². The number of imidazole rings is 1. The van der Waals surface area contributed by atoms with Crippen LogP contribution in [0.15, 0.2) is 48.9 Å². The Balaban J connectivity index is 1.31. The fourth-order valence-corrected chi connectivity index (χ4v) is 5.07. The number of morpholine rings is 1. The van der Waals surface area contributed by atoms with E-state index in [1.165, 1.54) is 18.3 Å². The quantitative estimate of drug-likeness (QED) is 0.346. The highest BCUT2D eigenvalue weighted by Crippen LogP contribution is 2.35. The molecule has 0 bridgehead atoms. The summed E-state index contributed by atoms with van der Waals surface area (Å²) < 4.78 is 67.8. The van der Waals surface area contributed by atoms with Gasteiger partial charge in [-0.25, -0.2) is 19.3 Å². The van der Waals surface area contributed by atoms with E-state index in [0.717, 1.165) is 18.3 Å². The van der Waals surface area contributed by atoms with Gasteiger partial charge in [-0.3, -0.25) is 14.1 Å². The summed E-state index contributed by atoms with van der Waals surface area (Å²) in [5, 5.41) is 2.27. The number of carbonyl (C=O) groups excluding carboxylic acids is 1. The molecule has 1 amide bonds. The first-order chi connectivity index (χ1) is 19.6. The minimum Gasteiger partial charge on any atom is -0.382 e. The van der Waals surface area contributed by atoms with Crippen molar-refractivity contribution in [3.8, 4) is 11.3 Å². The number of carbonyl (C=O) groups is 1. The van der Waals surface area contributed by atoms with E-state index in [1.807, 2.05) is 0 Å². The van der Waals surface area contributed by atoms with Gasteiger partial charge in [-0.2, -0.15) is 13.2 Å². The average molecular weight is 572 g/mol. The zero-order chi connectivity index (χ0) is 28.9. The second kappa shape index (κ2) is 10.4. The molecule has 6 rings (SSSR count). The third-order valence-electron chi connectivity index (χ3n) is 7.28. The number of rotatable bonds is 5. The minimum atomic E-state index is -4.61. The topological polar surface area (TPSA) is 120 Å². The number of pyridine rings is 1. The van der Waals surface area contributed by atoms with Gasteiger partial charge < -0.3 is 20.5 Å². The van der Waals surface area contributed by atoms with Crippen LogP contribution in [0.2, 0.25) is 0 Å². The lowest BCUT2D eigenvalue weighted by molar-refractivity contribution is -0.138.